The van der Waals surface area contributed by atoms with Crippen molar-refractivity contribution in [3.05, 3.63) is 52.6 Å². The Hall–Kier alpha value is -2.70. The van der Waals surface area contributed by atoms with Crippen LogP contribution in [0.3, 0.4) is 0 Å². The van der Waals surface area contributed by atoms with Gasteiger partial charge < -0.3 is 28.4 Å². The Bertz CT molecular complexity index is 1060. The van der Waals surface area contributed by atoms with Crippen molar-refractivity contribution >= 4 is 6.08 Å². The minimum Gasteiger partial charge on any atom is -0.496 e. The average molecular weight is 408 g/mol. The summed E-state index contributed by atoms with van der Waals surface area (Å²) in [6.45, 7) is 0. The lowest BCUT2D eigenvalue weighted by molar-refractivity contribution is -0.0407. The van der Waals surface area contributed by atoms with Gasteiger partial charge in [-0.1, -0.05) is 12.2 Å². The summed E-state index contributed by atoms with van der Waals surface area (Å²) in [5.74, 6) is 3.71. The van der Waals surface area contributed by atoms with E-state index in [1.54, 1.807) is 28.4 Å². The van der Waals surface area contributed by atoms with Crippen molar-refractivity contribution in [2.75, 3.05) is 28.4 Å². The van der Waals surface area contributed by atoms with Crippen LogP contribution in [0.2, 0.25) is 0 Å². The third-order valence-electron chi connectivity index (χ3n) is 7.05. The first-order chi connectivity index (χ1) is 14.7. The Kier molecular flexibility index (Phi) is 3.86. The summed E-state index contributed by atoms with van der Waals surface area (Å²) in [4.78, 5) is 0. The molecule has 6 rings (SSSR count). The van der Waals surface area contributed by atoms with Crippen LogP contribution in [-0.4, -0.2) is 34.5 Å². The zero-order valence-corrected chi connectivity index (χ0v) is 17.4. The van der Waals surface area contributed by atoms with Gasteiger partial charge in [0, 0.05) is 34.1 Å². The molecule has 0 N–H and O–H groups in total. The summed E-state index contributed by atoms with van der Waals surface area (Å²) in [6.07, 6.45) is 3.97. The maximum absolute atomic E-state index is 6.71. The highest BCUT2D eigenvalue weighted by Gasteiger charge is 2.63. The molecule has 0 aromatic heterocycles. The SMILES string of the molecule is COc1ccc(OC)c2c1C=C[C@@H]1[C@H]3[C@@H](O[C@H]21)[C@H]1O[C@@H]3c2c(OC)ccc(OC)c21. The summed E-state index contributed by atoms with van der Waals surface area (Å²) >= 11 is 0. The minimum atomic E-state index is -0.167. The van der Waals surface area contributed by atoms with E-state index in [0.29, 0.717) is 0 Å². The molecule has 0 unspecified atom stereocenters. The van der Waals surface area contributed by atoms with Crippen molar-refractivity contribution in [3.8, 4) is 23.0 Å². The van der Waals surface area contributed by atoms with Crippen LogP contribution in [0.15, 0.2) is 30.3 Å². The lowest BCUT2D eigenvalue weighted by Gasteiger charge is -2.29. The molecule has 0 saturated carbocycles. The second kappa shape index (κ2) is 6.40. The quantitative estimate of drug-likeness (QED) is 0.754. The number of rotatable bonds is 4. The molecule has 2 bridgehead atoms. The van der Waals surface area contributed by atoms with Crippen LogP contribution >= 0.6 is 0 Å². The normalized spacial score (nSPS) is 31.6. The molecule has 2 aromatic rings. The van der Waals surface area contributed by atoms with Gasteiger partial charge in [-0.25, -0.2) is 0 Å². The molecular formula is C24H24O6. The fraction of sp³-hybridized carbons (Fsp3) is 0.417. The van der Waals surface area contributed by atoms with Crippen molar-refractivity contribution in [2.24, 2.45) is 11.8 Å². The van der Waals surface area contributed by atoms with Crippen molar-refractivity contribution < 1.29 is 28.4 Å². The van der Waals surface area contributed by atoms with E-state index in [0.717, 1.165) is 45.3 Å². The van der Waals surface area contributed by atoms with E-state index in [4.69, 9.17) is 28.4 Å². The third-order valence-corrected chi connectivity index (χ3v) is 7.05. The lowest BCUT2D eigenvalue weighted by atomic mass is 9.72. The maximum atomic E-state index is 6.71. The lowest BCUT2D eigenvalue weighted by Crippen LogP contribution is -2.27. The van der Waals surface area contributed by atoms with E-state index in [-0.39, 0.29) is 36.3 Å². The smallest absolute Gasteiger partial charge is 0.126 e. The van der Waals surface area contributed by atoms with Crippen molar-refractivity contribution in [1.82, 2.24) is 0 Å². The molecule has 0 spiro atoms. The van der Waals surface area contributed by atoms with E-state index < -0.39 is 0 Å². The van der Waals surface area contributed by atoms with Gasteiger partial charge in [-0.05, 0) is 24.3 Å². The highest BCUT2D eigenvalue weighted by Crippen LogP contribution is 2.68. The van der Waals surface area contributed by atoms with E-state index in [2.05, 4.69) is 12.2 Å². The Morgan fingerprint density at radius 1 is 0.633 bits per heavy atom. The molecule has 30 heavy (non-hydrogen) atoms. The zero-order chi connectivity index (χ0) is 20.6. The second-order valence-corrected chi connectivity index (χ2v) is 8.11. The summed E-state index contributed by atoms with van der Waals surface area (Å²) in [7, 11) is 6.78. The van der Waals surface area contributed by atoms with Gasteiger partial charge in [0.05, 0.1) is 46.8 Å². The molecule has 4 aliphatic rings. The largest absolute Gasteiger partial charge is 0.496 e. The predicted molar refractivity (Wildman–Crippen MR) is 109 cm³/mol. The molecule has 3 aliphatic heterocycles. The van der Waals surface area contributed by atoms with Crippen molar-refractivity contribution in [3.63, 3.8) is 0 Å². The van der Waals surface area contributed by atoms with E-state index >= 15 is 0 Å². The number of methoxy groups -OCH3 is 4. The monoisotopic (exact) mass is 408 g/mol. The van der Waals surface area contributed by atoms with Crippen LogP contribution in [0.5, 0.6) is 23.0 Å². The predicted octanol–water partition coefficient (Wildman–Crippen LogP) is 4.25. The number of hydrogen-bond donors (Lipinski definition) is 0. The fourth-order valence-corrected chi connectivity index (χ4v) is 5.89. The van der Waals surface area contributed by atoms with Crippen LogP contribution in [0.4, 0.5) is 0 Å². The molecule has 2 fully saturated rings. The van der Waals surface area contributed by atoms with Gasteiger partial charge in [-0.15, -0.1) is 0 Å². The van der Waals surface area contributed by atoms with Crippen LogP contribution in [0.25, 0.3) is 6.08 Å². The summed E-state index contributed by atoms with van der Waals surface area (Å²) in [5.41, 5.74) is 4.24. The second-order valence-electron chi connectivity index (χ2n) is 8.11. The standard InChI is InChI=1S/C24H24O6/c1-25-13-7-8-14(26-2)17-11(13)5-6-12-18-22-19-15(27-3)9-10-16(28-4)20(19)24(30-22)23(18)29-21(12)17/h5-10,12,18,21-24H,1-4H3/t12-,18-,21+,22+,23-,24+/m1/s1. The van der Waals surface area contributed by atoms with E-state index in [1.165, 1.54) is 0 Å². The van der Waals surface area contributed by atoms with Gasteiger partial charge >= 0.3 is 0 Å². The Morgan fingerprint density at radius 3 is 1.83 bits per heavy atom. The number of ether oxygens (including phenoxy) is 6. The first-order valence-corrected chi connectivity index (χ1v) is 10.2. The molecule has 6 atom stereocenters. The summed E-state index contributed by atoms with van der Waals surface area (Å²) < 4.78 is 35.8. The minimum absolute atomic E-state index is 0.0509. The van der Waals surface area contributed by atoms with Crippen molar-refractivity contribution in [2.45, 2.75) is 24.4 Å². The molecule has 2 aromatic carbocycles. The van der Waals surface area contributed by atoms with Gasteiger partial charge in [0.1, 0.15) is 29.1 Å². The van der Waals surface area contributed by atoms with Crippen molar-refractivity contribution in [1.29, 1.82) is 0 Å². The average Bonchev–Trinajstić information content (AvgIpc) is 3.46. The van der Waals surface area contributed by atoms with Crippen LogP contribution in [-0.2, 0) is 9.47 Å². The zero-order valence-electron chi connectivity index (χ0n) is 17.4. The molecule has 2 saturated heterocycles. The topological polar surface area (TPSA) is 55.4 Å². The summed E-state index contributed by atoms with van der Waals surface area (Å²) in [5, 5.41) is 0. The molecule has 3 heterocycles. The highest BCUT2D eigenvalue weighted by atomic mass is 16.6. The van der Waals surface area contributed by atoms with Crippen LogP contribution < -0.4 is 18.9 Å². The third kappa shape index (κ3) is 2.10. The van der Waals surface area contributed by atoms with Gasteiger partial charge in [0.15, 0.2) is 0 Å². The molecule has 0 radical (unpaired) electrons. The number of fused-ring (bicyclic) bond motifs is 12. The molecule has 0 amide bonds. The Balaban J connectivity index is 1.48. The van der Waals surface area contributed by atoms with Gasteiger partial charge in [-0.2, -0.15) is 0 Å². The van der Waals surface area contributed by atoms with Crippen LogP contribution in [0, 0.1) is 11.8 Å². The molecule has 156 valence electrons. The van der Waals surface area contributed by atoms with Gasteiger partial charge in [0.2, 0.25) is 0 Å². The van der Waals surface area contributed by atoms with Crippen LogP contribution in [0.1, 0.15) is 40.6 Å². The maximum Gasteiger partial charge on any atom is 0.126 e. The first kappa shape index (κ1) is 18.1. The van der Waals surface area contributed by atoms with Gasteiger partial charge in [0.25, 0.3) is 0 Å². The van der Waals surface area contributed by atoms with Gasteiger partial charge in [-0.3, -0.25) is 0 Å². The molecule has 6 heteroatoms. The Morgan fingerprint density at radius 2 is 1.20 bits per heavy atom. The number of benzene rings is 2. The van der Waals surface area contributed by atoms with E-state index in [9.17, 15) is 0 Å². The fourth-order valence-electron chi connectivity index (χ4n) is 5.89. The summed E-state index contributed by atoms with van der Waals surface area (Å²) in [6, 6.07) is 7.81. The highest BCUT2D eigenvalue weighted by molar-refractivity contribution is 5.69. The number of hydrogen-bond acceptors (Lipinski definition) is 6. The Labute approximate surface area is 175 Å². The molecular weight excluding hydrogens is 384 g/mol. The van der Waals surface area contributed by atoms with E-state index in [1.807, 2.05) is 24.3 Å². The molecule has 6 nitrogen and oxygen atoms in total. The molecule has 1 aliphatic carbocycles. The first-order valence-electron chi connectivity index (χ1n) is 10.2.